The molecule has 2 rings (SSSR count). The zero-order valence-corrected chi connectivity index (χ0v) is 13.9. The van der Waals surface area contributed by atoms with Gasteiger partial charge in [-0.1, -0.05) is 32.4 Å². The smallest absolute Gasteiger partial charge is 0.315 e. The van der Waals surface area contributed by atoms with Crippen LogP contribution in [0.25, 0.3) is 0 Å². The SMILES string of the molecule is CC(C)(C)C1CN(c2ccc(Cl)c(C#N)c2)CCN1C(N)=O. The number of nitrogens with two attached hydrogens (primary N) is 1. The van der Waals surface area contributed by atoms with Crippen LogP contribution in [0, 0.1) is 16.7 Å². The van der Waals surface area contributed by atoms with Gasteiger partial charge in [-0.25, -0.2) is 4.79 Å². The van der Waals surface area contributed by atoms with E-state index in [4.69, 9.17) is 22.6 Å². The minimum absolute atomic E-state index is 0.0139. The zero-order chi connectivity index (χ0) is 16.5. The Balaban J connectivity index is 2.28. The number of primary amides is 1. The monoisotopic (exact) mass is 320 g/mol. The number of urea groups is 1. The van der Waals surface area contributed by atoms with Gasteiger partial charge in [0.1, 0.15) is 6.07 Å². The van der Waals surface area contributed by atoms with Gasteiger partial charge in [0.05, 0.1) is 16.6 Å². The van der Waals surface area contributed by atoms with Gasteiger partial charge in [-0.2, -0.15) is 5.26 Å². The first kappa shape index (κ1) is 16.4. The average Bonchev–Trinajstić information content (AvgIpc) is 2.46. The van der Waals surface area contributed by atoms with Crippen molar-refractivity contribution in [2.75, 3.05) is 24.5 Å². The van der Waals surface area contributed by atoms with Crippen LogP contribution in [0.2, 0.25) is 5.02 Å². The van der Waals surface area contributed by atoms with Crippen molar-refractivity contribution >= 4 is 23.3 Å². The van der Waals surface area contributed by atoms with Crippen molar-refractivity contribution in [3.63, 3.8) is 0 Å². The first-order chi connectivity index (χ1) is 10.2. The maximum atomic E-state index is 11.7. The highest BCUT2D eigenvalue weighted by atomic mass is 35.5. The van der Waals surface area contributed by atoms with Crippen LogP contribution in [0.1, 0.15) is 26.3 Å². The van der Waals surface area contributed by atoms with Gasteiger partial charge in [0.2, 0.25) is 0 Å². The molecule has 0 spiro atoms. The van der Waals surface area contributed by atoms with Gasteiger partial charge in [0.25, 0.3) is 0 Å². The number of hydrogen-bond donors (Lipinski definition) is 1. The molecule has 1 saturated heterocycles. The fraction of sp³-hybridized carbons (Fsp3) is 0.500. The molecule has 0 radical (unpaired) electrons. The number of benzene rings is 1. The van der Waals surface area contributed by atoms with E-state index in [-0.39, 0.29) is 17.5 Å². The Kier molecular flexibility index (Phi) is 4.52. The van der Waals surface area contributed by atoms with Crippen LogP contribution >= 0.6 is 11.6 Å². The van der Waals surface area contributed by atoms with Crippen molar-refractivity contribution in [2.24, 2.45) is 11.1 Å². The van der Waals surface area contributed by atoms with Crippen LogP contribution in [-0.2, 0) is 0 Å². The van der Waals surface area contributed by atoms with E-state index in [1.165, 1.54) is 0 Å². The summed E-state index contributed by atoms with van der Waals surface area (Å²) in [6, 6.07) is 7.17. The minimum Gasteiger partial charge on any atom is -0.368 e. The third kappa shape index (κ3) is 3.28. The van der Waals surface area contributed by atoms with E-state index in [0.29, 0.717) is 30.2 Å². The van der Waals surface area contributed by atoms with Crippen LogP contribution in [0.5, 0.6) is 0 Å². The van der Waals surface area contributed by atoms with E-state index in [1.807, 2.05) is 6.07 Å². The molecule has 1 heterocycles. The maximum absolute atomic E-state index is 11.7. The van der Waals surface area contributed by atoms with Gasteiger partial charge in [-0.3, -0.25) is 0 Å². The number of anilines is 1. The van der Waals surface area contributed by atoms with Crippen LogP contribution < -0.4 is 10.6 Å². The van der Waals surface area contributed by atoms with Crippen LogP contribution in [0.3, 0.4) is 0 Å². The normalized spacial score (nSPS) is 19.0. The highest BCUT2D eigenvalue weighted by Gasteiger charge is 2.37. The molecule has 1 fully saturated rings. The van der Waals surface area contributed by atoms with Crippen molar-refractivity contribution in [1.29, 1.82) is 5.26 Å². The number of halogens is 1. The molecule has 6 heteroatoms. The second-order valence-corrected chi connectivity index (χ2v) is 7.04. The summed E-state index contributed by atoms with van der Waals surface area (Å²) < 4.78 is 0. The van der Waals surface area contributed by atoms with Gasteiger partial charge >= 0.3 is 6.03 Å². The molecule has 1 aromatic carbocycles. The number of nitrogens with zero attached hydrogens (tertiary/aromatic N) is 3. The number of hydrogen-bond acceptors (Lipinski definition) is 3. The predicted octanol–water partition coefficient (Wildman–Crippen LogP) is 2.83. The Morgan fingerprint density at radius 2 is 2.09 bits per heavy atom. The average molecular weight is 321 g/mol. The lowest BCUT2D eigenvalue weighted by atomic mass is 9.84. The van der Waals surface area contributed by atoms with Gasteiger partial charge in [-0.15, -0.1) is 0 Å². The van der Waals surface area contributed by atoms with Gasteiger partial charge in [0, 0.05) is 25.3 Å². The first-order valence-electron chi connectivity index (χ1n) is 7.24. The summed E-state index contributed by atoms with van der Waals surface area (Å²) in [5.74, 6) is 0. The molecule has 1 aromatic rings. The Labute approximate surface area is 136 Å². The summed E-state index contributed by atoms with van der Waals surface area (Å²) in [6.45, 7) is 8.22. The van der Waals surface area contributed by atoms with Crippen molar-refractivity contribution in [3.8, 4) is 6.07 Å². The van der Waals surface area contributed by atoms with Gasteiger partial charge in [-0.05, 0) is 23.6 Å². The molecule has 1 aliphatic rings. The summed E-state index contributed by atoms with van der Waals surface area (Å²) in [7, 11) is 0. The summed E-state index contributed by atoms with van der Waals surface area (Å²) in [4.78, 5) is 15.6. The van der Waals surface area contributed by atoms with Crippen LogP contribution in [-0.4, -0.2) is 36.6 Å². The fourth-order valence-electron chi connectivity index (χ4n) is 2.82. The topological polar surface area (TPSA) is 73.4 Å². The van der Waals surface area contributed by atoms with Crippen molar-refractivity contribution < 1.29 is 4.79 Å². The summed E-state index contributed by atoms with van der Waals surface area (Å²) in [6.07, 6.45) is 0. The number of carbonyl (C=O) groups excluding carboxylic acids is 1. The Hall–Kier alpha value is -1.93. The molecule has 5 nitrogen and oxygen atoms in total. The van der Waals surface area contributed by atoms with Gasteiger partial charge < -0.3 is 15.5 Å². The molecule has 0 saturated carbocycles. The van der Waals surface area contributed by atoms with E-state index in [1.54, 1.807) is 17.0 Å². The molecule has 2 amide bonds. The predicted molar refractivity (Wildman–Crippen MR) is 87.9 cm³/mol. The summed E-state index contributed by atoms with van der Waals surface area (Å²) in [5, 5.41) is 9.57. The van der Waals surface area contributed by atoms with E-state index in [9.17, 15) is 4.79 Å². The fourth-order valence-corrected chi connectivity index (χ4v) is 2.98. The Bertz CT molecular complexity index is 618. The van der Waals surface area contributed by atoms with E-state index >= 15 is 0 Å². The molecule has 1 unspecified atom stereocenters. The highest BCUT2D eigenvalue weighted by molar-refractivity contribution is 6.31. The molecule has 0 bridgehead atoms. The number of nitriles is 1. The molecule has 1 aliphatic heterocycles. The third-order valence-corrected chi connectivity index (χ3v) is 4.43. The molecule has 22 heavy (non-hydrogen) atoms. The van der Waals surface area contributed by atoms with E-state index < -0.39 is 0 Å². The summed E-state index contributed by atoms with van der Waals surface area (Å²) >= 11 is 5.99. The van der Waals surface area contributed by atoms with Crippen LogP contribution in [0.4, 0.5) is 10.5 Å². The van der Waals surface area contributed by atoms with E-state index in [2.05, 4.69) is 31.7 Å². The molecule has 2 N–H and O–H groups in total. The number of amides is 2. The number of carbonyl (C=O) groups is 1. The maximum Gasteiger partial charge on any atom is 0.315 e. The van der Waals surface area contributed by atoms with Crippen molar-refractivity contribution in [3.05, 3.63) is 28.8 Å². The molecular weight excluding hydrogens is 300 g/mol. The Morgan fingerprint density at radius 3 is 2.64 bits per heavy atom. The number of rotatable bonds is 1. The standard InChI is InChI=1S/C16H21ClN4O/c1-16(2,3)14-10-20(6-7-21(14)15(19)22)12-4-5-13(17)11(8-12)9-18/h4-5,8,14H,6-7,10H2,1-3H3,(H2,19,22). The van der Waals surface area contributed by atoms with Crippen molar-refractivity contribution in [1.82, 2.24) is 4.90 Å². The molecule has 1 atom stereocenters. The van der Waals surface area contributed by atoms with Gasteiger partial charge in [0.15, 0.2) is 0 Å². The highest BCUT2D eigenvalue weighted by Crippen LogP contribution is 2.31. The summed E-state index contributed by atoms with van der Waals surface area (Å²) in [5.41, 5.74) is 6.83. The Morgan fingerprint density at radius 1 is 1.41 bits per heavy atom. The second kappa shape index (κ2) is 6.05. The van der Waals surface area contributed by atoms with Crippen LogP contribution in [0.15, 0.2) is 18.2 Å². The minimum atomic E-state index is -0.381. The van der Waals surface area contributed by atoms with Crippen molar-refractivity contribution in [2.45, 2.75) is 26.8 Å². The lowest BCUT2D eigenvalue weighted by molar-refractivity contribution is 0.112. The molecule has 118 valence electrons. The quantitative estimate of drug-likeness (QED) is 0.864. The third-order valence-electron chi connectivity index (χ3n) is 4.10. The number of piperazine rings is 1. The molecule has 0 aliphatic carbocycles. The zero-order valence-electron chi connectivity index (χ0n) is 13.1. The lowest BCUT2D eigenvalue weighted by Crippen LogP contribution is -2.61. The first-order valence-corrected chi connectivity index (χ1v) is 7.62. The molecular formula is C16H21ClN4O. The van der Waals surface area contributed by atoms with E-state index in [0.717, 1.165) is 5.69 Å². The second-order valence-electron chi connectivity index (χ2n) is 6.64. The lowest BCUT2D eigenvalue weighted by Gasteiger charge is -2.47. The largest absolute Gasteiger partial charge is 0.368 e. The molecule has 0 aromatic heterocycles.